The molecule has 8 nitrogen and oxygen atoms in total. The number of thiophene rings is 1. The van der Waals surface area contributed by atoms with Crippen molar-refractivity contribution in [2.75, 3.05) is 16.5 Å². The number of carbonyl (C=O) groups is 2. The summed E-state index contributed by atoms with van der Waals surface area (Å²) in [4.78, 5) is 35.0. The Morgan fingerprint density at radius 3 is 2.59 bits per heavy atom. The molecule has 0 spiro atoms. The third-order valence-corrected chi connectivity index (χ3v) is 7.13. The number of urea groups is 1. The molecule has 2 aromatic carbocycles. The Labute approximate surface area is 216 Å². The Bertz CT molecular complexity index is 1560. The number of para-hydroxylation sites is 1. The minimum atomic E-state index is -1.68. The minimum Gasteiger partial charge on any atom is -0.333 e. The molecule has 37 heavy (non-hydrogen) atoms. The van der Waals surface area contributed by atoms with Crippen LogP contribution in [0.1, 0.15) is 21.5 Å². The van der Waals surface area contributed by atoms with E-state index in [-0.39, 0.29) is 23.4 Å². The number of hydrogen-bond donors (Lipinski definition) is 2. The van der Waals surface area contributed by atoms with Crippen molar-refractivity contribution in [3.8, 4) is 11.3 Å². The summed E-state index contributed by atoms with van der Waals surface area (Å²) in [6, 6.07) is 9.39. The van der Waals surface area contributed by atoms with Crippen molar-refractivity contribution < 1.29 is 22.6 Å². The van der Waals surface area contributed by atoms with Gasteiger partial charge in [-0.3, -0.25) is 9.00 Å². The van der Waals surface area contributed by atoms with Crippen LogP contribution in [0.2, 0.25) is 0 Å². The Hall–Kier alpha value is -4.03. The lowest BCUT2D eigenvalue weighted by Crippen LogP contribution is -2.43. The predicted octanol–water partition coefficient (Wildman–Crippen LogP) is 5.14. The number of fused-ring (bicyclic) bond motifs is 1. The molecule has 0 fully saturated rings. The zero-order valence-electron chi connectivity index (χ0n) is 19.5. The van der Waals surface area contributed by atoms with Gasteiger partial charge in [0, 0.05) is 28.5 Å². The minimum absolute atomic E-state index is 0.0301. The molecular weight excluding hydrogens is 520 g/mol. The lowest BCUT2D eigenvalue weighted by atomic mass is 9.99. The van der Waals surface area contributed by atoms with E-state index >= 15 is 0 Å². The van der Waals surface area contributed by atoms with Crippen molar-refractivity contribution in [1.82, 2.24) is 15.3 Å². The molecule has 2 aromatic heterocycles. The van der Waals surface area contributed by atoms with Crippen molar-refractivity contribution in [3.63, 3.8) is 0 Å². The molecule has 1 aliphatic heterocycles. The molecule has 4 aromatic rings. The van der Waals surface area contributed by atoms with Gasteiger partial charge in [0.15, 0.2) is 5.82 Å². The van der Waals surface area contributed by atoms with E-state index in [0.29, 0.717) is 28.1 Å². The molecule has 0 saturated heterocycles. The Morgan fingerprint density at radius 2 is 1.92 bits per heavy atom. The molecule has 0 saturated carbocycles. The van der Waals surface area contributed by atoms with Crippen molar-refractivity contribution in [2.24, 2.45) is 0 Å². The van der Waals surface area contributed by atoms with Gasteiger partial charge in [0.05, 0.1) is 28.6 Å². The molecule has 1 unspecified atom stereocenters. The Morgan fingerprint density at radius 1 is 1.16 bits per heavy atom. The first-order valence-electron chi connectivity index (χ1n) is 11.0. The van der Waals surface area contributed by atoms with E-state index in [2.05, 4.69) is 20.6 Å². The molecule has 5 rings (SSSR count). The van der Waals surface area contributed by atoms with Crippen LogP contribution in [0.3, 0.4) is 0 Å². The lowest BCUT2D eigenvalue weighted by molar-refractivity contribution is 0.102. The van der Waals surface area contributed by atoms with E-state index in [9.17, 15) is 22.6 Å². The summed E-state index contributed by atoms with van der Waals surface area (Å²) in [5.41, 5.74) is 2.43. The monoisotopic (exact) mass is 539 g/mol. The maximum Gasteiger partial charge on any atom is 0.328 e. The van der Waals surface area contributed by atoms with Crippen LogP contribution in [0.25, 0.3) is 11.3 Å². The van der Waals surface area contributed by atoms with Crippen LogP contribution >= 0.6 is 11.3 Å². The highest BCUT2D eigenvalue weighted by molar-refractivity contribution is 7.84. The Balaban J connectivity index is 1.68. The van der Waals surface area contributed by atoms with Gasteiger partial charge in [-0.15, -0.1) is 0 Å². The zero-order chi connectivity index (χ0) is 26.3. The molecule has 0 aliphatic carbocycles. The SMILES string of the molecule is Cc1ccc(NC(=O)c2ccsc2)cc1-c1nc(S(C)=O)nc2c1CNC(=O)N2c1c(F)cccc1F. The quantitative estimate of drug-likeness (QED) is 0.342. The van der Waals surface area contributed by atoms with E-state index in [1.54, 1.807) is 35.0 Å². The number of halogens is 2. The second-order valence-electron chi connectivity index (χ2n) is 8.17. The van der Waals surface area contributed by atoms with Crippen molar-refractivity contribution >= 4 is 51.3 Å². The predicted molar refractivity (Wildman–Crippen MR) is 138 cm³/mol. The van der Waals surface area contributed by atoms with E-state index in [4.69, 9.17) is 0 Å². The first kappa shape index (κ1) is 24.7. The van der Waals surface area contributed by atoms with E-state index in [0.717, 1.165) is 22.6 Å². The molecule has 3 amide bonds. The standard InChI is InChI=1S/C25H19F2N5O3S2/c1-13-6-7-15(29-23(33)14-8-9-36-12-14)10-16(13)20-17-11-28-25(34)32(21-18(26)4-3-5-19(21)27)22(17)31-24(30-20)37(2)35/h3-10,12H,11H2,1-2H3,(H,28,34)(H,29,33). The number of rotatable bonds is 5. The van der Waals surface area contributed by atoms with Gasteiger partial charge in [-0.2, -0.15) is 11.3 Å². The number of aromatic nitrogens is 2. The summed E-state index contributed by atoms with van der Waals surface area (Å²) in [5.74, 6) is -2.28. The average molecular weight is 540 g/mol. The Kier molecular flexibility index (Phi) is 6.52. The fraction of sp³-hybridized carbons (Fsp3) is 0.120. The topological polar surface area (TPSA) is 104 Å². The highest BCUT2D eigenvalue weighted by atomic mass is 32.2. The van der Waals surface area contributed by atoms with Crippen LogP contribution < -0.4 is 15.5 Å². The third-order valence-electron chi connectivity index (χ3n) is 5.75. The van der Waals surface area contributed by atoms with Gasteiger partial charge in [0.2, 0.25) is 5.16 Å². The molecule has 2 N–H and O–H groups in total. The molecule has 0 radical (unpaired) electrons. The molecule has 0 bridgehead atoms. The van der Waals surface area contributed by atoms with Gasteiger partial charge in [-0.05, 0) is 48.2 Å². The summed E-state index contributed by atoms with van der Waals surface area (Å²) >= 11 is 1.40. The summed E-state index contributed by atoms with van der Waals surface area (Å²) in [5, 5.41) is 8.87. The molecule has 12 heteroatoms. The van der Waals surface area contributed by atoms with Crippen molar-refractivity contribution in [1.29, 1.82) is 0 Å². The van der Waals surface area contributed by atoms with Crippen molar-refractivity contribution in [2.45, 2.75) is 18.6 Å². The van der Waals surface area contributed by atoms with Crippen LogP contribution in [0.4, 0.5) is 30.8 Å². The van der Waals surface area contributed by atoms with E-state index in [1.165, 1.54) is 23.7 Å². The number of anilines is 3. The summed E-state index contributed by atoms with van der Waals surface area (Å²) in [7, 11) is -1.68. The number of nitrogens with one attached hydrogen (secondary N) is 2. The molecule has 1 atom stereocenters. The lowest BCUT2D eigenvalue weighted by Gasteiger charge is -2.30. The van der Waals surface area contributed by atoms with E-state index in [1.807, 2.05) is 6.92 Å². The van der Waals surface area contributed by atoms with Crippen LogP contribution in [0.5, 0.6) is 0 Å². The van der Waals surface area contributed by atoms with Gasteiger partial charge in [-0.25, -0.2) is 28.4 Å². The second-order valence-corrected chi connectivity index (χ2v) is 10.2. The molecule has 3 heterocycles. The van der Waals surface area contributed by atoms with Crippen LogP contribution in [0.15, 0.2) is 58.4 Å². The zero-order valence-corrected chi connectivity index (χ0v) is 21.2. The third kappa shape index (κ3) is 4.60. The van der Waals surface area contributed by atoms with Gasteiger partial charge < -0.3 is 10.6 Å². The number of carbonyl (C=O) groups excluding carboxylic acids is 2. The smallest absolute Gasteiger partial charge is 0.328 e. The fourth-order valence-corrected chi connectivity index (χ4v) is 5.02. The van der Waals surface area contributed by atoms with E-state index < -0.39 is 34.2 Å². The normalized spacial score (nSPS) is 13.6. The summed E-state index contributed by atoms with van der Waals surface area (Å²) < 4.78 is 41.9. The number of benzene rings is 2. The molecule has 188 valence electrons. The first-order valence-corrected chi connectivity index (χ1v) is 13.5. The maximum atomic E-state index is 14.7. The van der Waals surface area contributed by atoms with Gasteiger partial charge in [0.25, 0.3) is 5.91 Å². The highest BCUT2D eigenvalue weighted by Crippen LogP contribution is 2.39. The van der Waals surface area contributed by atoms with Gasteiger partial charge in [-0.1, -0.05) is 12.1 Å². The number of aryl methyl sites for hydroxylation is 1. The van der Waals surface area contributed by atoms with Crippen LogP contribution in [-0.2, 0) is 17.3 Å². The second kappa shape index (κ2) is 9.79. The van der Waals surface area contributed by atoms with Crippen LogP contribution in [0, 0.1) is 18.6 Å². The maximum absolute atomic E-state index is 14.7. The molecule has 1 aliphatic rings. The number of amides is 3. The fourth-order valence-electron chi connectivity index (χ4n) is 3.95. The largest absolute Gasteiger partial charge is 0.333 e. The summed E-state index contributed by atoms with van der Waals surface area (Å²) in [6.07, 6.45) is 1.37. The van der Waals surface area contributed by atoms with Crippen molar-refractivity contribution in [3.05, 3.63) is 81.5 Å². The number of hydrogen-bond acceptors (Lipinski definition) is 6. The highest BCUT2D eigenvalue weighted by Gasteiger charge is 2.34. The summed E-state index contributed by atoms with van der Waals surface area (Å²) in [6.45, 7) is 1.80. The van der Waals surface area contributed by atoms with Crippen LogP contribution in [-0.4, -0.2) is 32.4 Å². The molecular formula is C25H19F2N5O3S2. The number of nitrogens with zero attached hydrogens (tertiary/aromatic N) is 3. The average Bonchev–Trinajstić information content (AvgIpc) is 3.41. The van der Waals surface area contributed by atoms with Gasteiger partial charge in [0.1, 0.15) is 17.3 Å². The van der Waals surface area contributed by atoms with Gasteiger partial charge >= 0.3 is 6.03 Å². The first-order chi connectivity index (χ1) is 17.7.